The van der Waals surface area contributed by atoms with E-state index in [0.29, 0.717) is 17.7 Å². The summed E-state index contributed by atoms with van der Waals surface area (Å²) in [7, 11) is 1.33. The van der Waals surface area contributed by atoms with Crippen molar-refractivity contribution in [2.45, 2.75) is 32.6 Å². The fourth-order valence-electron chi connectivity index (χ4n) is 3.89. The molecule has 0 radical (unpaired) electrons. The normalized spacial score (nSPS) is 25.2. The Morgan fingerprint density at radius 2 is 1.92 bits per heavy atom. The predicted octanol–water partition coefficient (Wildman–Crippen LogP) is 3.03. The summed E-state index contributed by atoms with van der Waals surface area (Å²) in [4.78, 5) is 25.4. The van der Waals surface area contributed by atoms with Gasteiger partial charge in [-0.2, -0.15) is 0 Å². The van der Waals surface area contributed by atoms with E-state index in [2.05, 4.69) is 25.7 Å². The van der Waals surface area contributed by atoms with Gasteiger partial charge in [-0.1, -0.05) is 32.6 Å². The SMILES string of the molecule is C=C1NC2=C(C(=O)CC(C)(C)C2)C(c2ccc(O)cc2)C1C(=O)OC. The Hall–Kier alpha value is -2.56. The van der Waals surface area contributed by atoms with Crippen molar-refractivity contribution in [3.63, 3.8) is 0 Å². The van der Waals surface area contributed by atoms with Crippen molar-refractivity contribution in [2.75, 3.05) is 7.11 Å². The number of hydrogen-bond acceptors (Lipinski definition) is 5. The monoisotopic (exact) mass is 341 g/mol. The topological polar surface area (TPSA) is 75.6 Å². The van der Waals surface area contributed by atoms with E-state index in [-0.39, 0.29) is 16.9 Å². The molecule has 1 aliphatic heterocycles. The molecule has 0 saturated heterocycles. The Morgan fingerprint density at radius 1 is 1.28 bits per heavy atom. The lowest BCUT2D eigenvalue weighted by Crippen LogP contribution is -2.43. The largest absolute Gasteiger partial charge is 0.508 e. The lowest BCUT2D eigenvalue weighted by Gasteiger charge is -2.42. The first-order chi connectivity index (χ1) is 11.7. The molecule has 3 rings (SSSR count). The van der Waals surface area contributed by atoms with Crippen molar-refractivity contribution in [1.29, 1.82) is 0 Å². The van der Waals surface area contributed by atoms with E-state index in [1.54, 1.807) is 24.3 Å². The maximum atomic E-state index is 12.9. The molecule has 2 N–H and O–H groups in total. The highest BCUT2D eigenvalue weighted by Crippen LogP contribution is 2.48. The van der Waals surface area contributed by atoms with Gasteiger partial charge in [0.15, 0.2) is 5.78 Å². The number of Topliss-reactive ketones (excluding diaryl/α,β-unsaturated/α-hetero) is 1. The molecule has 5 nitrogen and oxygen atoms in total. The number of phenolic OH excluding ortho intramolecular Hbond substituents is 1. The lowest BCUT2D eigenvalue weighted by atomic mass is 9.66. The third kappa shape index (κ3) is 3.06. The third-order valence-electron chi connectivity index (χ3n) is 4.96. The van der Waals surface area contributed by atoms with Gasteiger partial charge in [-0.15, -0.1) is 0 Å². The number of aromatic hydroxyl groups is 1. The molecular formula is C20H23NO4. The number of carbonyl (C=O) groups is 2. The van der Waals surface area contributed by atoms with Crippen LogP contribution in [0, 0.1) is 11.3 Å². The zero-order valence-electron chi connectivity index (χ0n) is 14.8. The number of allylic oxidation sites excluding steroid dienone is 2. The molecule has 1 aromatic rings. The van der Waals surface area contributed by atoms with Crippen molar-refractivity contribution < 1.29 is 19.4 Å². The molecule has 0 fully saturated rings. The summed E-state index contributed by atoms with van der Waals surface area (Å²) < 4.78 is 4.97. The average molecular weight is 341 g/mol. The van der Waals surface area contributed by atoms with Gasteiger partial charge < -0.3 is 15.2 Å². The van der Waals surface area contributed by atoms with Gasteiger partial charge in [0.05, 0.1) is 7.11 Å². The van der Waals surface area contributed by atoms with Crippen LogP contribution in [0.4, 0.5) is 0 Å². The second kappa shape index (κ2) is 6.06. The van der Waals surface area contributed by atoms with E-state index in [0.717, 1.165) is 17.7 Å². The smallest absolute Gasteiger partial charge is 0.315 e. The quantitative estimate of drug-likeness (QED) is 0.809. The Kier molecular flexibility index (Phi) is 4.19. The number of ketones is 1. The van der Waals surface area contributed by atoms with Gasteiger partial charge in [0, 0.05) is 29.3 Å². The molecule has 1 heterocycles. The minimum absolute atomic E-state index is 0.0400. The maximum Gasteiger partial charge on any atom is 0.315 e. The predicted molar refractivity (Wildman–Crippen MR) is 93.7 cm³/mol. The number of hydrogen-bond donors (Lipinski definition) is 2. The summed E-state index contributed by atoms with van der Waals surface area (Å²) in [5.74, 6) is -1.40. The number of ether oxygens (including phenoxy) is 1. The number of benzene rings is 1. The summed E-state index contributed by atoms with van der Waals surface area (Å²) in [6, 6.07) is 6.61. The molecule has 1 aliphatic carbocycles. The van der Waals surface area contributed by atoms with Gasteiger partial charge in [-0.05, 0) is 29.5 Å². The summed E-state index contributed by atoms with van der Waals surface area (Å²) in [5, 5.41) is 12.8. The van der Waals surface area contributed by atoms with E-state index in [4.69, 9.17) is 4.74 Å². The van der Waals surface area contributed by atoms with Gasteiger partial charge in [0.2, 0.25) is 0 Å². The van der Waals surface area contributed by atoms with E-state index in [1.807, 2.05) is 0 Å². The summed E-state index contributed by atoms with van der Waals surface area (Å²) >= 11 is 0. The molecule has 0 amide bonds. The second-order valence-corrected chi connectivity index (χ2v) is 7.55. The highest BCUT2D eigenvalue weighted by Gasteiger charge is 2.46. The molecule has 5 heteroatoms. The van der Waals surface area contributed by atoms with E-state index >= 15 is 0 Å². The fourth-order valence-corrected chi connectivity index (χ4v) is 3.89. The molecule has 0 bridgehead atoms. The van der Waals surface area contributed by atoms with Crippen LogP contribution in [-0.2, 0) is 14.3 Å². The molecule has 0 spiro atoms. The van der Waals surface area contributed by atoms with Crippen molar-refractivity contribution in [2.24, 2.45) is 11.3 Å². The second-order valence-electron chi connectivity index (χ2n) is 7.55. The molecule has 0 aromatic heterocycles. The van der Waals surface area contributed by atoms with Crippen molar-refractivity contribution in [3.8, 4) is 5.75 Å². The summed E-state index contributed by atoms with van der Waals surface area (Å²) in [5.41, 5.74) is 2.66. The van der Waals surface area contributed by atoms with Crippen molar-refractivity contribution >= 4 is 11.8 Å². The van der Waals surface area contributed by atoms with Crippen LogP contribution >= 0.6 is 0 Å². The van der Waals surface area contributed by atoms with Gasteiger partial charge in [-0.25, -0.2) is 0 Å². The first-order valence-corrected chi connectivity index (χ1v) is 8.32. The van der Waals surface area contributed by atoms with Gasteiger partial charge in [0.1, 0.15) is 11.7 Å². The molecular weight excluding hydrogens is 318 g/mol. The number of nitrogens with one attached hydrogen (secondary N) is 1. The van der Waals surface area contributed by atoms with Crippen LogP contribution in [0.15, 0.2) is 47.8 Å². The van der Waals surface area contributed by atoms with Gasteiger partial charge in [-0.3, -0.25) is 9.59 Å². The van der Waals surface area contributed by atoms with Crippen LogP contribution in [0.2, 0.25) is 0 Å². The number of esters is 1. The first kappa shape index (κ1) is 17.3. The molecule has 2 unspecified atom stereocenters. The van der Waals surface area contributed by atoms with Crippen LogP contribution in [0.3, 0.4) is 0 Å². The molecule has 132 valence electrons. The first-order valence-electron chi connectivity index (χ1n) is 8.32. The van der Waals surface area contributed by atoms with Crippen LogP contribution in [0.1, 0.15) is 38.2 Å². The standard InChI is InChI=1S/C20H23NO4/c1-11-16(19(24)25-4)17(12-5-7-13(22)8-6-12)18-14(21-11)9-20(2,3)10-15(18)23/h5-8,16-17,21-22H,1,9-10H2,2-4H3. The molecule has 2 aliphatic rings. The molecule has 25 heavy (non-hydrogen) atoms. The number of phenols is 1. The summed E-state index contributed by atoms with van der Waals surface area (Å²) in [6.45, 7) is 8.13. The Labute approximate surface area is 147 Å². The van der Waals surface area contributed by atoms with E-state index in [1.165, 1.54) is 7.11 Å². The molecule has 0 saturated carbocycles. The average Bonchev–Trinajstić information content (AvgIpc) is 2.52. The van der Waals surface area contributed by atoms with Crippen LogP contribution in [-0.4, -0.2) is 24.0 Å². The van der Waals surface area contributed by atoms with Crippen molar-refractivity contribution in [3.05, 3.63) is 53.4 Å². The fraction of sp³-hybridized carbons (Fsp3) is 0.400. The zero-order chi connectivity index (χ0) is 18.4. The van der Waals surface area contributed by atoms with Crippen LogP contribution in [0.5, 0.6) is 5.75 Å². The van der Waals surface area contributed by atoms with Crippen molar-refractivity contribution in [1.82, 2.24) is 5.32 Å². The maximum absolute atomic E-state index is 12.9. The number of carbonyl (C=O) groups excluding carboxylic acids is 2. The third-order valence-corrected chi connectivity index (χ3v) is 4.96. The molecule has 2 atom stereocenters. The minimum atomic E-state index is -0.682. The zero-order valence-corrected chi connectivity index (χ0v) is 14.8. The van der Waals surface area contributed by atoms with Gasteiger partial charge >= 0.3 is 5.97 Å². The Morgan fingerprint density at radius 3 is 2.52 bits per heavy atom. The summed E-state index contributed by atoms with van der Waals surface area (Å²) in [6.07, 6.45) is 1.15. The highest BCUT2D eigenvalue weighted by atomic mass is 16.5. The van der Waals surface area contributed by atoms with E-state index in [9.17, 15) is 14.7 Å². The van der Waals surface area contributed by atoms with Gasteiger partial charge in [0.25, 0.3) is 0 Å². The lowest BCUT2D eigenvalue weighted by molar-refractivity contribution is -0.144. The Bertz CT molecular complexity index is 773. The Balaban J connectivity index is 2.18. The number of rotatable bonds is 2. The van der Waals surface area contributed by atoms with Crippen LogP contribution < -0.4 is 5.32 Å². The minimum Gasteiger partial charge on any atom is -0.508 e. The van der Waals surface area contributed by atoms with Crippen LogP contribution in [0.25, 0.3) is 0 Å². The molecule has 1 aromatic carbocycles. The number of methoxy groups -OCH3 is 1. The van der Waals surface area contributed by atoms with E-state index < -0.39 is 17.8 Å². The highest BCUT2D eigenvalue weighted by molar-refractivity contribution is 6.00.